The monoisotopic (exact) mass is 264 g/mol. The molecule has 2 rings (SSSR count). The molecule has 1 aliphatic carbocycles. The predicted molar refractivity (Wildman–Crippen MR) is 78.8 cm³/mol. The molecule has 0 spiro atoms. The zero-order chi connectivity index (χ0) is 14.0. The molecule has 2 N–H and O–H groups in total. The molecule has 1 saturated carbocycles. The summed E-state index contributed by atoms with van der Waals surface area (Å²) in [6, 6.07) is 7.20. The molecule has 1 fully saturated rings. The van der Waals surface area contributed by atoms with E-state index in [0.717, 1.165) is 25.9 Å². The number of nitrogens with zero attached hydrogens (tertiary/aromatic N) is 1. The number of rotatable bonds is 4. The van der Waals surface area contributed by atoms with Gasteiger partial charge in [0.25, 0.3) is 0 Å². The highest BCUT2D eigenvalue weighted by atomic mass is 19.1. The van der Waals surface area contributed by atoms with Crippen LogP contribution >= 0.6 is 0 Å². The average Bonchev–Trinajstić information content (AvgIpc) is 2.63. The van der Waals surface area contributed by atoms with Gasteiger partial charge in [-0.05, 0) is 43.2 Å². The average molecular weight is 264 g/mol. The molecule has 0 radical (unpaired) electrons. The van der Waals surface area contributed by atoms with Gasteiger partial charge in [0.1, 0.15) is 5.82 Å². The van der Waals surface area contributed by atoms with Crippen molar-refractivity contribution in [3.8, 4) is 0 Å². The number of anilines is 1. The van der Waals surface area contributed by atoms with Gasteiger partial charge < -0.3 is 10.6 Å². The molecule has 2 atom stereocenters. The summed E-state index contributed by atoms with van der Waals surface area (Å²) in [4.78, 5) is 2.11. The second-order valence-electron chi connectivity index (χ2n) is 6.30. The first-order valence-electron chi connectivity index (χ1n) is 7.20. The molecule has 2 unspecified atom stereocenters. The molecule has 0 heterocycles. The Morgan fingerprint density at radius 3 is 2.58 bits per heavy atom. The molecular weight excluding hydrogens is 239 g/mol. The molecule has 0 aliphatic heterocycles. The highest BCUT2D eigenvalue weighted by Gasteiger charge is 2.39. The third-order valence-corrected chi connectivity index (χ3v) is 4.60. The SMILES string of the molecule is CCN(CC1CCC(C)(C)C1N)c1ccccc1F. The van der Waals surface area contributed by atoms with E-state index in [2.05, 4.69) is 25.7 Å². The quantitative estimate of drug-likeness (QED) is 0.903. The lowest BCUT2D eigenvalue weighted by molar-refractivity contribution is 0.301. The van der Waals surface area contributed by atoms with Gasteiger partial charge in [-0.15, -0.1) is 0 Å². The Morgan fingerprint density at radius 2 is 2.05 bits per heavy atom. The minimum Gasteiger partial charge on any atom is -0.369 e. The van der Waals surface area contributed by atoms with Crippen LogP contribution in [-0.2, 0) is 0 Å². The summed E-state index contributed by atoms with van der Waals surface area (Å²) < 4.78 is 13.9. The molecule has 106 valence electrons. The van der Waals surface area contributed by atoms with E-state index < -0.39 is 0 Å². The van der Waals surface area contributed by atoms with Crippen LogP contribution in [0.25, 0.3) is 0 Å². The Hall–Kier alpha value is -1.09. The number of halogens is 1. The third-order valence-electron chi connectivity index (χ3n) is 4.60. The number of para-hydroxylation sites is 1. The van der Waals surface area contributed by atoms with E-state index in [-0.39, 0.29) is 17.3 Å². The van der Waals surface area contributed by atoms with Gasteiger partial charge in [0.15, 0.2) is 0 Å². The van der Waals surface area contributed by atoms with Crippen molar-refractivity contribution in [1.29, 1.82) is 0 Å². The van der Waals surface area contributed by atoms with Crippen LogP contribution in [0, 0.1) is 17.2 Å². The Morgan fingerprint density at radius 1 is 1.37 bits per heavy atom. The van der Waals surface area contributed by atoms with Crippen molar-refractivity contribution in [3.63, 3.8) is 0 Å². The van der Waals surface area contributed by atoms with E-state index in [4.69, 9.17) is 5.73 Å². The van der Waals surface area contributed by atoms with Crippen molar-refractivity contribution in [2.24, 2.45) is 17.1 Å². The number of nitrogens with two attached hydrogens (primary N) is 1. The van der Waals surface area contributed by atoms with E-state index in [1.165, 1.54) is 6.07 Å². The van der Waals surface area contributed by atoms with E-state index in [0.29, 0.717) is 11.6 Å². The fraction of sp³-hybridized carbons (Fsp3) is 0.625. The molecule has 19 heavy (non-hydrogen) atoms. The Labute approximate surface area is 115 Å². The van der Waals surface area contributed by atoms with Crippen LogP contribution < -0.4 is 10.6 Å². The first kappa shape index (κ1) is 14.3. The maximum Gasteiger partial charge on any atom is 0.146 e. The van der Waals surface area contributed by atoms with Gasteiger partial charge in [0, 0.05) is 19.1 Å². The van der Waals surface area contributed by atoms with E-state index in [1.807, 2.05) is 12.1 Å². The van der Waals surface area contributed by atoms with Gasteiger partial charge >= 0.3 is 0 Å². The molecule has 3 heteroatoms. The van der Waals surface area contributed by atoms with Crippen LogP contribution in [-0.4, -0.2) is 19.1 Å². The first-order valence-corrected chi connectivity index (χ1v) is 7.20. The maximum atomic E-state index is 13.9. The highest BCUT2D eigenvalue weighted by Crippen LogP contribution is 2.40. The molecule has 0 bridgehead atoms. The van der Waals surface area contributed by atoms with Crippen molar-refractivity contribution in [1.82, 2.24) is 0 Å². The van der Waals surface area contributed by atoms with Crippen molar-refractivity contribution >= 4 is 5.69 Å². The zero-order valence-corrected chi connectivity index (χ0v) is 12.2. The van der Waals surface area contributed by atoms with Gasteiger partial charge in [-0.2, -0.15) is 0 Å². The highest BCUT2D eigenvalue weighted by molar-refractivity contribution is 5.47. The molecule has 0 amide bonds. The lowest BCUT2D eigenvalue weighted by Crippen LogP contribution is -2.42. The molecular formula is C16H25FN2. The molecule has 2 nitrogen and oxygen atoms in total. The molecule has 1 aromatic carbocycles. The Bertz CT molecular complexity index is 431. The fourth-order valence-electron chi connectivity index (χ4n) is 3.14. The lowest BCUT2D eigenvalue weighted by atomic mass is 9.85. The van der Waals surface area contributed by atoms with Gasteiger partial charge in [0.2, 0.25) is 0 Å². The second-order valence-corrected chi connectivity index (χ2v) is 6.30. The summed E-state index contributed by atoms with van der Waals surface area (Å²) >= 11 is 0. The van der Waals surface area contributed by atoms with Crippen LogP contribution in [0.3, 0.4) is 0 Å². The summed E-state index contributed by atoms with van der Waals surface area (Å²) in [6.45, 7) is 8.19. The summed E-state index contributed by atoms with van der Waals surface area (Å²) in [5.41, 5.74) is 7.26. The van der Waals surface area contributed by atoms with E-state index in [1.54, 1.807) is 6.07 Å². The van der Waals surface area contributed by atoms with Crippen molar-refractivity contribution in [3.05, 3.63) is 30.1 Å². The smallest absolute Gasteiger partial charge is 0.146 e. The van der Waals surface area contributed by atoms with Crippen LogP contribution in [0.1, 0.15) is 33.6 Å². The van der Waals surface area contributed by atoms with Gasteiger partial charge in [0.05, 0.1) is 5.69 Å². The lowest BCUT2D eigenvalue weighted by Gasteiger charge is -2.32. The van der Waals surface area contributed by atoms with Gasteiger partial charge in [-0.3, -0.25) is 0 Å². The Balaban J connectivity index is 2.11. The summed E-state index contributed by atoms with van der Waals surface area (Å²) in [7, 11) is 0. The molecule has 0 saturated heterocycles. The second kappa shape index (κ2) is 5.49. The minimum absolute atomic E-state index is 0.143. The summed E-state index contributed by atoms with van der Waals surface area (Å²) in [6.07, 6.45) is 2.30. The first-order chi connectivity index (χ1) is 8.95. The minimum atomic E-state index is -0.143. The van der Waals surface area contributed by atoms with E-state index in [9.17, 15) is 4.39 Å². The van der Waals surface area contributed by atoms with Crippen molar-refractivity contribution in [2.75, 3.05) is 18.0 Å². The number of hydrogen-bond donors (Lipinski definition) is 1. The normalized spacial score (nSPS) is 25.5. The topological polar surface area (TPSA) is 29.3 Å². The van der Waals surface area contributed by atoms with Gasteiger partial charge in [-0.1, -0.05) is 26.0 Å². The third kappa shape index (κ3) is 2.92. The largest absolute Gasteiger partial charge is 0.369 e. The van der Waals surface area contributed by atoms with Crippen LogP contribution in [0.2, 0.25) is 0 Å². The van der Waals surface area contributed by atoms with Crippen molar-refractivity contribution < 1.29 is 4.39 Å². The Kier molecular flexibility index (Phi) is 4.14. The van der Waals surface area contributed by atoms with Crippen LogP contribution in [0.5, 0.6) is 0 Å². The number of benzene rings is 1. The molecule has 0 aromatic heterocycles. The number of hydrogen-bond acceptors (Lipinski definition) is 2. The maximum absolute atomic E-state index is 13.9. The zero-order valence-electron chi connectivity index (χ0n) is 12.2. The molecule has 1 aliphatic rings. The summed E-state index contributed by atoms with van der Waals surface area (Å²) in [5.74, 6) is 0.310. The molecule has 1 aromatic rings. The van der Waals surface area contributed by atoms with Gasteiger partial charge in [-0.25, -0.2) is 4.39 Å². The summed E-state index contributed by atoms with van der Waals surface area (Å²) in [5, 5.41) is 0. The fourth-order valence-corrected chi connectivity index (χ4v) is 3.14. The standard InChI is InChI=1S/C16H25FN2/c1-4-19(14-8-6-5-7-13(14)17)11-12-9-10-16(2,3)15(12)18/h5-8,12,15H,4,9-11,18H2,1-3H3. The predicted octanol–water partition coefficient (Wildman–Crippen LogP) is 3.42. The van der Waals surface area contributed by atoms with E-state index >= 15 is 0 Å². The van der Waals surface area contributed by atoms with Crippen molar-refractivity contribution in [2.45, 2.75) is 39.7 Å². The van der Waals surface area contributed by atoms with Crippen LogP contribution in [0.15, 0.2) is 24.3 Å². The van der Waals surface area contributed by atoms with Crippen LogP contribution in [0.4, 0.5) is 10.1 Å².